The minimum Gasteiger partial charge on any atom is -0.453 e. The maximum Gasteiger partial charge on any atom is 0.257 e. The standard InChI is InChI=1S/C21H19Cl2N3O2/c22-15-3-7-17(8-4-15)27-21(28-18-9-5-16(23)6-10-18)20-12-19(25-26-20)14-2-1-11-24-13-14/h1-11,13,19-21,25-26H,12H2. The van der Waals surface area contributed by atoms with Gasteiger partial charge in [0.1, 0.15) is 11.5 Å². The Morgan fingerprint density at radius 1 is 0.857 bits per heavy atom. The molecule has 0 saturated carbocycles. The van der Waals surface area contributed by atoms with Gasteiger partial charge in [0.15, 0.2) is 0 Å². The molecule has 1 saturated heterocycles. The Hall–Kier alpha value is -2.31. The van der Waals surface area contributed by atoms with Crippen molar-refractivity contribution < 1.29 is 9.47 Å². The zero-order valence-electron chi connectivity index (χ0n) is 14.9. The average molecular weight is 416 g/mol. The number of pyridine rings is 1. The van der Waals surface area contributed by atoms with Gasteiger partial charge in [0.05, 0.1) is 6.04 Å². The summed E-state index contributed by atoms with van der Waals surface area (Å²) >= 11 is 12.0. The Morgan fingerprint density at radius 3 is 2.00 bits per heavy atom. The van der Waals surface area contributed by atoms with Crippen molar-refractivity contribution in [3.8, 4) is 11.5 Å². The highest BCUT2D eigenvalue weighted by molar-refractivity contribution is 6.30. The molecule has 0 aliphatic carbocycles. The van der Waals surface area contributed by atoms with E-state index in [1.54, 1.807) is 30.5 Å². The molecule has 0 amide bonds. The Bertz CT molecular complexity index is 844. The largest absolute Gasteiger partial charge is 0.453 e. The SMILES string of the molecule is Clc1ccc(OC(Oc2ccc(Cl)cc2)C2CC(c3cccnc3)NN2)cc1. The highest BCUT2D eigenvalue weighted by Gasteiger charge is 2.34. The molecule has 1 fully saturated rings. The van der Waals surface area contributed by atoms with Gasteiger partial charge in [-0.05, 0) is 66.6 Å². The summed E-state index contributed by atoms with van der Waals surface area (Å²) in [5, 5.41) is 1.31. The zero-order chi connectivity index (χ0) is 19.3. The third-order valence-corrected chi connectivity index (χ3v) is 4.98. The van der Waals surface area contributed by atoms with E-state index in [1.807, 2.05) is 42.6 Å². The van der Waals surface area contributed by atoms with Crippen LogP contribution in [0.15, 0.2) is 73.1 Å². The van der Waals surface area contributed by atoms with Crippen molar-refractivity contribution in [3.05, 3.63) is 88.7 Å². The molecule has 0 bridgehead atoms. The molecule has 1 aromatic heterocycles. The maximum atomic E-state index is 6.14. The lowest BCUT2D eigenvalue weighted by molar-refractivity contribution is -0.0209. The van der Waals surface area contributed by atoms with E-state index < -0.39 is 6.29 Å². The van der Waals surface area contributed by atoms with Gasteiger partial charge in [-0.2, -0.15) is 0 Å². The maximum absolute atomic E-state index is 6.14. The highest BCUT2D eigenvalue weighted by Crippen LogP contribution is 2.27. The number of rotatable bonds is 6. The van der Waals surface area contributed by atoms with Crippen LogP contribution in [0.4, 0.5) is 0 Å². The molecular formula is C21H19Cl2N3O2. The van der Waals surface area contributed by atoms with Crippen LogP contribution in [0.1, 0.15) is 18.0 Å². The van der Waals surface area contributed by atoms with Crippen LogP contribution in [-0.2, 0) is 0 Å². The fraction of sp³-hybridized carbons (Fsp3) is 0.190. The van der Waals surface area contributed by atoms with Gasteiger partial charge in [-0.1, -0.05) is 29.3 Å². The third kappa shape index (κ3) is 4.75. The average Bonchev–Trinajstić information content (AvgIpc) is 3.22. The van der Waals surface area contributed by atoms with Gasteiger partial charge in [0.2, 0.25) is 0 Å². The van der Waals surface area contributed by atoms with Crippen molar-refractivity contribution in [2.45, 2.75) is 24.8 Å². The monoisotopic (exact) mass is 415 g/mol. The van der Waals surface area contributed by atoms with Crippen LogP contribution in [0.2, 0.25) is 10.0 Å². The second kappa shape index (κ2) is 8.80. The summed E-state index contributed by atoms with van der Waals surface area (Å²) in [7, 11) is 0. The van der Waals surface area contributed by atoms with E-state index in [0.29, 0.717) is 21.5 Å². The molecule has 3 aromatic rings. The summed E-state index contributed by atoms with van der Waals surface area (Å²) in [6.07, 6.45) is 3.84. The molecule has 0 spiro atoms. The number of benzene rings is 2. The highest BCUT2D eigenvalue weighted by atomic mass is 35.5. The first kappa shape index (κ1) is 19.0. The van der Waals surface area contributed by atoms with Crippen molar-refractivity contribution in [2.24, 2.45) is 0 Å². The number of hydrazine groups is 1. The number of nitrogens with one attached hydrogen (secondary N) is 2. The van der Waals surface area contributed by atoms with E-state index in [2.05, 4.69) is 15.8 Å². The number of aromatic nitrogens is 1. The third-order valence-electron chi connectivity index (χ3n) is 4.48. The van der Waals surface area contributed by atoms with Gasteiger partial charge in [-0.3, -0.25) is 4.98 Å². The molecule has 4 rings (SSSR count). The molecule has 1 aliphatic heterocycles. The predicted molar refractivity (Wildman–Crippen MR) is 110 cm³/mol. The quantitative estimate of drug-likeness (QED) is 0.567. The van der Waals surface area contributed by atoms with Crippen molar-refractivity contribution in [2.75, 3.05) is 0 Å². The van der Waals surface area contributed by atoms with Crippen molar-refractivity contribution >= 4 is 23.2 Å². The number of halogens is 2. The van der Waals surface area contributed by atoms with Gasteiger partial charge in [0.25, 0.3) is 6.29 Å². The number of hydrogen-bond acceptors (Lipinski definition) is 5. The van der Waals surface area contributed by atoms with Gasteiger partial charge < -0.3 is 9.47 Å². The minimum atomic E-state index is -0.559. The van der Waals surface area contributed by atoms with E-state index in [1.165, 1.54) is 0 Å². The second-order valence-electron chi connectivity index (χ2n) is 6.48. The Labute approximate surface area is 173 Å². The number of hydrogen-bond donors (Lipinski definition) is 2. The van der Waals surface area contributed by atoms with E-state index in [0.717, 1.165) is 12.0 Å². The fourth-order valence-electron chi connectivity index (χ4n) is 3.04. The molecule has 2 aromatic carbocycles. The normalized spacial score (nSPS) is 19.0. The lowest BCUT2D eigenvalue weighted by Crippen LogP contribution is -2.45. The minimum absolute atomic E-state index is 0.0865. The van der Waals surface area contributed by atoms with Gasteiger partial charge in [-0.25, -0.2) is 10.9 Å². The topological polar surface area (TPSA) is 55.4 Å². The lowest BCUT2D eigenvalue weighted by atomic mass is 10.0. The number of nitrogens with zero attached hydrogens (tertiary/aromatic N) is 1. The van der Waals surface area contributed by atoms with Gasteiger partial charge in [0, 0.05) is 28.5 Å². The molecule has 2 unspecified atom stereocenters. The summed E-state index contributed by atoms with van der Waals surface area (Å²) < 4.78 is 12.3. The molecule has 0 radical (unpaired) electrons. The van der Waals surface area contributed by atoms with Crippen LogP contribution in [-0.4, -0.2) is 17.3 Å². The Balaban J connectivity index is 1.52. The van der Waals surface area contributed by atoms with Crippen molar-refractivity contribution in [1.29, 1.82) is 0 Å². The summed E-state index contributed by atoms with van der Waals surface area (Å²) in [4.78, 5) is 4.20. The zero-order valence-corrected chi connectivity index (χ0v) is 16.4. The van der Waals surface area contributed by atoms with E-state index in [4.69, 9.17) is 32.7 Å². The summed E-state index contributed by atoms with van der Waals surface area (Å²) in [5.74, 6) is 1.35. The Morgan fingerprint density at radius 2 is 1.46 bits per heavy atom. The van der Waals surface area contributed by atoms with E-state index >= 15 is 0 Å². The first-order valence-corrected chi connectivity index (χ1v) is 9.68. The summed E-state index contributed by atoms with van der Waals surface area (Å²) in [6.45, 7) is 0. The van der Waals surface area contributed by atoms with Crippen LogP contribution >= 0.6 is 23.2 Å². The number of ether oxygens (including phenoxy) is 2. The van der Waals surface area contributed by atoms with Crippen LogP contribution in [0.3, 0.4) is 0 Å². The molecule has 7 heteroatoms. The van der Waals surface area contributed by atoms with Crippen LogP contribution in [0, 0.1) is 0 Å². The molecule has 144 valence electrons. The Kier molecular flexibility index (Phi) is 5.98. The molecular weight excluding hydrogens is 397 g/mol. The fourth-order valence-corrected chi connectivity index (χ4v) is 3.29. The van der Waals surface area contributed by atoms with Crippen LogP contribution in [0.25, 0.3) is 0 Å². The first-order chi connectivity index (χ1) is 13.7. The van der Waals surface area contributed by atoms with Gasteiger partial charge >= 0.3 is 0 Å². The van der Waals surface area contributed by atoms with Crippen molar-refractivity contribution in [1.82, 2.24) is 15.8 Å². The van der Waals surface area contributed by atoms with Crippen molar-refractivity contribution in [3.63, 3.8) is 0 Å². The molecule has 2 heterocycles. The molecule has 2 atom stereocenters. The summed E-state index contributed by atoms with van der Waals surface area (Å²) in [5.41, 5.74) is 7.70. The van der Waals surface area contributed by atoms with E-state index in [-0.39, 0.29) is 12.1 Å². The molecule has 28 heavy (non-hydrogen) atoms. The smallest absolute Gasteiger partial charge is 0.257 e. The molecule has 5 nitrogen and oxygen atoms in total. The lowest BCUT2D eigenvalue weighted by Gasteiger charge is -2.25. The molecule has 1 aliphatic rings. The predicted octanol–water partition coefficient (Wildman–Crippen LogP) is 4.78. The first-order valence-electron chi connectivity index (χ1n) is 8.93. The van der Waals surface area contributed by atoms with Crippen LogP contribution in [0.5, 0.6) is 11.5 Å². The summed E-state index contributed by atoms with van der Waals surface area (Å²) in [6, 6.07) is 18.4. The van der Waals surface area contributed by atoms with E-state index in [9.17, 15) is 0 Å². The second-order valence-corrected chi connectivity index (χ2v) is 7.35. The van der Waals surface area contributed by atoms with Gasteiger partial charge in [-0.15, -0.1) is 0 Å². The van der Waals surface area contributed by atoms with Crippen LogP contribution < -0.4 is 20.3 Å². The molecule has 2 N–H and O–H groups in total.